The van der Waals surface area contributed by atoms with E-state index in [2.05, 4.69) is 4.98 Å². The molecule has 0 aliphatic carbocycles. The number of nitrogens with two attached hydrogens (primary N) is 1. The van der Waals surface area contributed by atoms with Gasteiger partial charge in [0.1, 0.15) is 10.6 Å². The van der Waals surface area contributed by atoms with Crippen LogP contribution in [0.2, 0.25) is 0 Å². The Balaban J connectivity index is 2.73. The third-order valence-corrected chi connectivity index (χ3v) is 5.68. The highest BCUT2D eigenvalue weighted by atomic mass is 32.2. The van der Waals surface area contributed by atoms with Crippen LogP contribution in [-0.4, -0.2) is 24.2 Å². The number of aryl methyl sites for hydroxylation is 1. The molecular weight excluding hydrogens is 262 g/mol. The lowest BCUT2D eigenvalue weighted by Crippen LogP contribution is -2.31. The summed E-state index contributed by atoms with van der Waals surface area (Å²) in [5.41, 5.74) is 8.27. The number of aromatic nitrogens is 2. The van der Waals surface area contributed by atoms with Gasteiger partial charge in [-0.05, 0) is 31.5 Å². The van der Waals surface area contributed by atoms with Gasteiger partial charge in [0.05, 0.1) is 11.0 Å². The van der Waals surface area contributed by atoms with Crippen molar-refractivity contribution in [1.29, 1.82) is 0 Å². The van der Waals surface area contributed by atoms with E-state index in [1.807, 2.05) is 29.8 Å². The molecule has 1 aromatic heterocycles. The highest BCUT2D eigenvalue weighted by Gasteiger charge is 2.36. The SMILES string of the molecule is Cn1c(C(C)(C)S(C)(=O)=O)nc2cc(CN)ccc21. The molecule has 0 fully saturated rings. The number of hydrogen-bond acceptors (Lipinski definition) is 4. The van der Waals surface area contributed by atoms with E-state index in [1.54, 1.807) is 13.8 Å². The molecule has 0 aliphatic rings. The molecule has 0 saturated carbocycles. The Morgan fingerprint density at radius 3 is 2.53 bits per heavy atom. The second-order valence-corrected chi connectivity index (χ2v) is 7.87. The minimum Gasteiger partial charge on any atom is -0.330 e. The van der Waals surface area contributed by atoms with Gasteiger partial charge in [-0.2, -0.15) is 0 Å². The summed E-state index contributed by atoms with van der Waals surface area (Å²) in [6, 6.07) is 5.75. The predicted octanol–water partition coefficient (Wildman–Crippen LogP) is 1.31. The van der Waals surface area contributed by atoms with Gasteiger partial charge in [0.25, 0.3) is 0 Å². The molecule has 2 aromatic rings. The minimum absolute atomic E-state index is 0.442. The molecule has 0 spiro atoms. The Kier molecular flexibility index (Phi) is 3.18. The molecule has 1 aromatic carbocycles. The molecule has 0 radical (unpaired) electrons. The summed E-state index contributed by atoms with van der Waals surface area (Å²) in [5, 5.41) is 0. The number of nitrogens with zero attached hydrogens (tertiary/aromatic N) is 2. The second-order valence-electron chi connectivity index (χ2n) is 5.30. The first-order chi connectivity index (χ1) is 8.68. The van der Waals surface area contributed by atoms with Crippen LogP contribution in [0.4, 0.5) is 0 Å². The van der Waals surface area contributed by atoms with E-state index in [4.69, 9.17) is 5.73 Å². The maximum absolute atomic E-state index is 11.9. The number of fused-ring (bicyclic) bond motifs is 1. The predicted molar refractivity (Wildman–Crippen MR) is 76.5 cm³/mol. The quantitative estimate of drug-likeness (QED) is 0.920. The summed E-state index contributed by atoms with van der Waals surface area (Å²) in [6.45, 7) is 3.79. The van der Waals surface area contributed by atoms with E-state index in [0.29, 0.717) is 12.4 Å². The molecule has 0 saturated heterocycles. The van der Waals surface area contributed by atoms with Crippen LogP contribution < -0.4 is 5.73 Å². The average Bonchev–Trinajstić information content (AvgIpc) is 2.65. The fourth-order valence-corrected chi connectivity index (χ4v) is 2.59. The first kappa shape index (κ1) is 14.0. The Morgan fingerprint density at radius 1 is 1.37 bits per heavy atom. The minimum atomic E-state index is -3.25. The standard InChI is InChI=1S/C13H19N3O2S/c1-13(2,19(4,17)18)12-15-10-7-9(8-14)5-6-11(10)16(12)3/h5-7H,8,14H2,1-4H3. The van der Waals surface area contributed by atoms with E-state index in [0.717, 1.165) is 16.6 Å². The van der Waals surface area contributed by atoms with Gasteiger partial charge < -0.3 is 10.3 Å². The molecular formula is C13H19N3O2S. The van der Waals surface area contributed by atoms with Crippen molar-refractivity contribution < 1.29 is 8.42 Å². The largest absolute Gasteiger partial charge is 0.330 e. The monoisotopic (exact) mass is 281 g/mol. The number of benzene rings is 1. The number of sulfone groups is 1. The van der Waals surface area contributed by atoms with Crippen LogP contribution in [0.15, 0.2) is 18.2 Å². The topological polar surface area (TPSA) is 78.0 Å². The van der Waals surface area contributed by atoms with Crippen LogP contribution in [0.3, 0.4) is 0 Å². The molecule has 5 nitrogen and oxygen atoms in total. The summed E-state index contributed by atoms with van der Waals surface area (Å²) in [5.74, 6) is 0.541. The Labute approximate surface area is 113 Å². The molecule has 0 atom stereocenters. The molecule has 0 amide bonds. The maximum atomic E-state index is 11.9. The molecule has 0 aliphatic heterocycles. The lowest BCUT2D eigenvalue weighted by molar-refractivity contribution is 0.543. The smallest absolute Gasteiger partial charge is 0.159 e. The van der Waals surface area contributed by atoms with E-state index in [1.165, 1.54) is 6.26 Å². The summed E-state index contributed by atoms with van der Waals surface area (Å²) < 4.78 is 24.7. The molecule has 2 rings (SSSR count). The van der Waals surface area contributed by atoms with Crippen molar-refractivity contribution in [3.8, 4) is 0 Å². The van der Waals surface area contributed by atoms with Gasteiger partial charge in [-0.15, -0.1) is 0 Å². The van der Waals surface area contributed by atoms with Gasteiger partial charge in [-0.3, -0.25) is 0 Å². The number of rotatable bonds is 3. The zero-order valence-electron chi connectivity index (χ0n) is 11.6. The Hall–Kier alpha value is -1.40. The van der Waals surface area contributed by atoms with Crippen LogP contribution in [0.5, 0.6) is 0 Å². The zero-order valence-corrected chi connectivity index (χ0v) is 12.5. The first-order valence-electron chi connectivity index (χ1n) is 6.04. The zero-order chi connectivity index (χ0) is 14.4. The molecule has 19 heavy (non-hydrogen) atoms. The van der Waals surface area contributed by atoms with Crippen LogP contribution in [0.25, 0.3) is 11.0 Å². The molecule has 0 bridgehead atoms. The van der Waals surface area contributed by atoms with Crippen molar-refractivity contribution in [2.24, 2.45) is 12.8 Å². The highest BCUT2D eigenvalue weighted by molar-refractivity contribution is 7.91. The third kappa shape index (κ3) is 2.15. The lowest BCUT2D eigenvalue weighted by Gasteiger charge is -2.21. The second kappa shape index (κ2) is 4.31. The van der Waals surface area contributed by atoms with E-state index in [-0.39, 0.29) is 0 Å². The van der Waals surface area contributed by atoms with Gasteiger partial charge in [-0.1, -0.05) is 6.07 Å². The van der Waals surface area contributed by atoms with E-state index >= 15 is 0 Å². The van der Waals surface area contributed by atoms with Gasteiger partial charge in [0.15, 0.2) is 9.84 Å². The average molecular weight is 281 g/mol. The molecule has 2 N–H and O–H groups in total. The maximum Gasteiger partial charge on any atom is 0.159 e. The summed E-state index contributed by atoms with van der Waals surface area (Å²) in [4.78, 5) is 4.49. The molecule has 1 heterocycles. The first-order valence-corrected chi connectivity index (χ1v) is 7.93. The fourth-order valence-electron chi connectivity index (χ4n) is 2.08. The lowest BCUT2D eigenvalue weighted by atomic mass is 10.2. The van der Waals surface area contributed by atoms with Crippen molar-refractivity contribution in [3.05, 3.63) is 29.6 Å². The van der Waals surface area contributed by atoms with Gasteiger partial charge in [0.2, 0.25) is 0 Å². The normalized spacial score (nSPS) is 13.1. The summed E-state index contributed by atoms with van der Waals surface area (Å²) in [6.07, 6.45) is 1.23. The van der Waals surface area contributed by atoms with Crippen LogP contribution in [0, 0.1) is 0 Å². The Morgan fingerprint density at radius 2 is 2.00 bits per heavy atom. The summed E-state index contributed by atoms with van der Waals surface area (Å²) >= 11 is 0. The van der Waals surface area contributed by atoms with Gasteiger partial charge in [0, 0.05) is 19.8 Å². The number of imidazole rings is 1. The van der Waals surface area contributed by atoms with Crippen LogP contribution in [-0.2, 0) is 28.2 Å². The molecule has 104 valence electrons. The molecule has 6 heteroatoms. The van der Waals surface area contributed by atoms with Crippen LogP contribution >= 0.6 is 0 Å². The van der Waals surface area contributed by atoms with Crippen molar-refractivity contribution in [2.75, 3.05) is 6.26 Å². The van der Waals surface area contributed by atoms with E-state index < -0.39 is 14.6 Å². The van der Waals surface area contributed by atoms with Gasteiger partial charge >= 0.3 is 0 Å². The third-order valence-electron chi connectivity index (χ3n) is 3.65. The molecule has 0 unspecified atom stereocenters. The highest BCUT2D eigenvalue weighted by Crippen LogP contribution is 2.30. The summed E-state index contributed by atoms with van der Waals surface area (Å²) in [7, 11) is -1.42. The van der Waals surface area contributed by atoms with Crippen LogP contribution in [0.1, 0.15) is 25.2 Å². The van der Waals surface area contributed by atoms with Crippen molar-refractivity contribution in [2.45, 2.75) is 25.1 Å². The fraction of sp³-hybridized carbons (Fsp3) is 0.462. The van der Waals surface area contributed by atoms with E-state index in [9.17, 15) is 8.42 Å². The number of hydrogen-bond donors (Lipinski definition) is 1. The van der Waals surface area contributed by atoms with Gasteiger partial charge in [-0.25, -0.2) is 13.4 Å². The van der Waals surface area contributed by atoms with Crippen molar-refractivity contribution in [1.82, 2.24) is 9.55 Å². The Bertz CT molecular complexity index is 730. The van der Waals surface area contributed by atoms with Crippen molar-refractivity contribution >= 4 is 20.9 Å². The van der Waals surface area contributed by atoms with Crippen molar-refractivity contribution in [3.63, 3.8) is 0 Å².